The van der Waals surface area contributed by atoms with Crippen LogP contribution in [0.25, 0.3) is 0 Å². The zero-order chi connectivity index (χ0) is 9.40. The number of amides is 2. The monoisotopic (exact) mass is 173 g/mol. The highest BCUT2D eigenvalue weighted by atomic mass is 16.2. The number of nitrogens with one attached hydrogen (secondary N) is 3. The van der Waals surface area contributed by atoms with Crippen molar-refractivity contribution in [3.05, 3.63) is 0 Å². The van der Waals surface area contributed by atoms with Crippen LogP contribution in [0.4, 0.5) is 4.79 Å². The van der Waals surface area contributed by atoms with Crippen molar-refractivity contribution in [1.82, 2.24) is 16.0 Å². The first kappa shape index (κ1) is 10.9. The van der Waals surface area contributed by atoms with Crippen molar-refractivity contribution in [3.63, 3.8) is 0 Å². The third-order valence-electron chi connectivity index (χ3n) is 1.16. The maximum Gasteiger partial charge on any atom is 0.315 e. The Bertz CT molecular complexity index is 159. The van der Waals surface area contributed by atoms with E-state index < -0.39 is 0 Å². The second kappa shape index (κ2) is 6.60. The Morgan fingerprint density at radius 1 is 1.17 bits per heavy atom. The smallest absolute Gasteiger partial charge is 0.315 e. The van der Waals surface area contributed by atoms with E-state index in [1.807, 2.05) is 0 Å². The highest BCUT2D eigenvalue weighted by Crippen LogP contribution is 1.67. The van der Waals surface area contributed by atoms with E-state index in [4.69, 9.17) is 0 Å². The molecule has 0 rings (SSSR count). The molecule has 0 bridgehead atoms. The van der Waals surface area contributed by atoms with Crippen molar-refractivity contribution in [2.24, 2.45) is 0 Å². The molecule has 3 N–H and O–H groups in total. The molecule has 0 aliphatic rings. The lowest BCUT2D eigenvalue weighted by Crippen LogP contribution is -2.40. The lowest BCUT2D eigenvalue weighted by Gasteiger charge is -2.04. The van der Waals surface area contributed by atoms with Crippen LogP contribution in [0.2, 0.25) is 0 Å². The SMILES string of the molecule is CNCCNC(=O)NCC(C)=O. The lowest BCUT2D eigenvalue weighted by atomic mass is 10.4. The average molecular weight is 173 g/mol. The summed E-state index contributed by atoms with van der Waals surface area (Å²) in [5.74, 6) is -0.0567. The standard InChI is InChI=1S/C7H15N3O2/c1-6(11)5-10-7(12)9-4-3-8-2/h8H,3-5H2,1-2H3,(H2,9,10,12). The number of ketones is 1. The van der Waals surface area contributed by atoms with Crippen LogP contribution >= 0.6 is 0 Å². The molecule has 0 spiro atoms. The molecule has 0 aliphatic heterocycles. The van der Waals surface area contributed by atoms with Crippen molar-refractivity contribution < 1.29 is 9.59 Å². The largest absolute Gasteiger partial charge is 0.337 e. The highest BCUT2D eigenvalue weighted by Gasteiger charge is 1.98. The summed E-state index contributed by atoms with van der Waals surface area (Å²) < 4.78 is 0. The molecule has 70 valence electrons. The van der Waals surface area contributed by atoms with E-state index in [-0.39, 0.29) is 18.4 Å². The van der Waals surface area contributed by atoms with Crippen LogP contribution in [0.1, 0.15) is 6.92 Å². The Morgan fingerprint density at radius 3 is 2.33 bits per heavy atom. The van der Waals surface area contributed by atoms with Gasteiger partial charge in [-0.25, -0.2) is 4.79 Å². The van der Waals surface area contributed by atoms with Gasteiger partial charge >= 0.3 is 6.03 Å². The minimum atomic E-state index is -0.305. The minimum absolute atomic E-state index is 0.0567. The zero-order valence-electron chi connectivity index (χ0n) is 7.44. The van der Waals surface area contributed by atoms with Crippen LogP contribution in [0.15, 0.2) is 0 Å². The summed E-state index contributed by atoms with van der Waals surface area (Å²) >= 11 is 0. The highest BCUT2D eigenvalue weighted by molar-refractivity contribution is 5.83. The van der Waals surface area contributed by atoms with E-state index in [1.165, 1.54) is 6.92 Å². The molecular formula is C7H15N3O2. The number of urea groups is 1. The molecule has 0 unspecified atom stereocenters. The molecule has 0 aromatic rings. The van der Waals surface area contributed by atoms with Crippen LogP contribution in [0, 0.1) is 0 Å². The number of rotatable bonds is 5. The van der Waals surface area contributed by atoms with E-state index in [2.05, 4.69) is 16.0 Å². The molecule has 12 heavy (non-hydrogen) atoms. The second-order valence-electron chi connectivity index (χ2n) is 2.42. The van der Waals surface area contributed by atoms with Crippen LogP contribution < -0.4 is 16.0 Å². The fraction of sp³-hybridized carbons (Fsp3) is 0.714. The van der Waals surface area contributed by atoms with Crippen molar-refractivity contribution in [2.45, 2.75) is 6.92 Å². The van der Waals surface area contributed by atoms with Crippen molar-refractivity contribution in [1.29, 1.82) is 0 Å². The van der Waals surface area contributed by atoms with Crippen molar-refractivity contribution in [2.75, 3.05) is 26.7 Å². The molecule has 0 radical (unpaired) electrons. The third kappa shape index (κ3) is 7.01. The summed E-state index contributed by atoms with van der Waals surface area (Å²) in [6.07, 6.45) is 0. The van der Waals surface area contributed by atoms with Gasteiger partial charge in [0.2, 0.25) is 0 Å². The Labute approximate surface area is 71.9 Å². The molecular weight excluding hydrogens is 158 g/mol. The molecule has 0 atom stereocenters. The number of hydrogen-bond acceptors (Lipinski definition) is 3. The van der Waals surface area contributed by atoms with Gasteiger partial charge < -0.3 is 16.0 Å². The van der Waals surface area contributed by atoms with Crippen molar-refractivity contribution in [3.8, 4) is 0 Å². The van der Waals surface area contributed by atoms with Gasteiger partial charge in [0.25, 0.3) is 0 Å². The first-order chi connectivity index (χ1) is 5.66. The van der Waals surface area contributed by atoms with E-state index in [1.54, 1.807) is 7.05 Å². The third-order valence-corrected chi connectivity index (χ3v) is 1.16. The predicted molar refractivity (Wildman–Crippen MR) is 46.0 cm³/mol. The van der Waals surface area contributed by atoms with Gasteiger partial charge in [0.05, 0.1) is 6.54 Å². The van der Waals surface area contributed by atoms with E-state index in [9.17, 15) is 9.59 Å². The maximum atomic E-state index is 10.8. The molecule has 2 amide bonds. The second-order valence-corrected chi connectivity index (χ2v) is 2.42. The fourth-order valence-electron chi connectivity index (χ4n) is 0.568. The number of Topliss-reactive ketones (excluding diaryl/α,β-unsaturated/α-hetero) is 1. The number of likely N-dealkylation sites (N-methyl/N-ethyl adjacent to an activating group) is 1. The van der Waals surface area contributed by atoms with Gasteiger partial charge in [0.15, 0.2) is 0 Å². The molecule has 0 aromatic heterocycles. The van der Waals surface area contributed by atoms with Gasteiger partial charge in [-0.15, -0.1) is 0 Å². The molecule has 5 heteroatoms. The van der Waals surface area contributed by atoms with E-state index in [0.29, 0.717) is 13.1 Å². The van der Waals surface area contributed by atoms with Crippen LogP contribution in [0.3, 0.4) is 0 Å². The minimum Gasteiger partial charge on any atom is -0.337 e. The molecule has 0 aromatic carbocycles. The number of carbonyl (C=O) groups is 2. The van der Waals surface area contributed by atoms with Gasteiger partial charge in [0.1, 0.15) is 5.78 Å². The Hall–Kier alpha value is -1.10. The predicted octanol–water partition coefficient (Wildman–Crippen LogP) is -0.906. The number of carbonyl (C=O) groups excluding carboxylic acids is 2. The van der Waals surface area contributed by atoms with Gasteiger partial charge in [-0.2, -0.15) is 0 Å². The number of hydrogen-bond donors (Lipinski definition) is 3. The average Bonchev–Trinajstić information content (AvgIpc) is 2.01. The maximum absolute atomic E-state index is 10.8. The summed E-state index contributed by atoms with van der Waals surface area (Å²) in [5, 5.41) is 7.87. The molecule has 0 saturated carbocycles. The summed E-state index contributed by atoms with van der Waals surface area (Å²) in [4.78, 5) is 21.2. The van der Waals surface area contributed by atoms with E-state index in [0.717, 1.165) is 0 Å². The van der Waals surface area contributed by atoms with Crippen LogP contribution in [0.5, 0.6) is 0 Å². The van der Waals surface area contributed by atoms with E-state index >= 15 is 0 Å². The lowest BCUT2D eigenvalue weighted by molar-refractivity contribution is -0.116. The van der Waals surface area contributed by atoms with Gasteiger partial charge in [-0.1, -0.05) is 0 Å². The molecule has 0 aliphatic carbocycles. The van der Waals surface area contributed by atoms with Gasteiger partial charge in [-0.3, -0.25) is 4.79 Å². The Balaban J connectivity index is 3.28. The summed E-state index contributed by atoms with van der Waals surface area (Å²) in [5.41, 5.74) is 0. The molecule has 0 heterocycles. The molecule has 0 saturated heterocycles. The topological polar surface area (TPSA) is 70.2 Å². The fourth-order valence-corrected chi connectivity index (χ4v) is 0.568. The summed E-state index contributed by atoms with van der Waals surface area (Å²) in [6, 6.07) is -0.305. The molecule has 5 nitrogen and oxygen atoms in total. The summed E-state index contributed by atoms with van der Waals surface area (Å²) in [7, 11) is 1.80. The Morgan fingerprint density at radius 2 is 1.83 bits per heavy atom. The normalized spacial score (nSPS) is 9.17. The van der Waals surface area contributed by atoms with Crippen molar-refractivity contribution >= 4 is 11.8 Å². The van der Waals surface area contributed by atoms with Gasteiger partial charge in [-0.05, 0) is 14.0 Å². The molecule has 0 fully saturated rings. The quantitative estimate of drug-likeness (QED) is 0.472. The van der Waals surface area contributed by atoms with Gasteiger partial charge in [0, 0.05) is 13.1 Å². The zero-order valence-corrected chi connectivity index (χ0v) is 7.44. The summed E-state index contributed by atoms with van der Waals surface area (Å²) in [6.45, 7) is 2.78. The first-order valence-electron chi connectivity index (χ1n) is 3.82. The first-order valence-corrected chi connectivity index (χ1v) is 3.82. The Kier molecular flexibility index (Phi) is 6.00. The van der Waals surface area contributed by atoms with Crippen LogP contribution in [-0.2, 0) is 4.79 Å². The van der Waals surface area contributed by atoms with Crippen LogP contribution in [-0.4, -0.2) is 38.5 Å².